The van der Waals surface area contributed by atoms with Gasteiger partial charge in [-0.3, -0.25) is 9.48 Å². The Morgan fingerprint density at radius 2 is 1.97 bits per heavy atom. The number of rotatable bonds is 8. The first-order valence-electron chi connectivity index (χ1n) is 10.2. The van der Waals surface area contributed by atoms with E-state index in [0.717, 1.165) is 24.0 Å². The fraction of sp³-hybridized carbons (Fsp3) is 0.524. The zero-order valence-electron chi connectivity index (χ0n) is 18.2. The van der Waals surface area contributed by atoms with Crippen LogP contribution >= 0.6 is 0 Å². The third-order valence-corrected chi connectivity index (χ3v) is 4.00. The molecule has 0 aliphatic heterocycles. The number of ether oxygens (including phenoxy) is 1. The van der Waals surface area contributed by atoms with Gasteiger partial charge in [0.15, 0.2) is 0 Å². The Morgan fingerprint density at radius 1 is 1.21 bits per heavy atom. The second-order valence-electron chi connectivity index (χ2n) is 7.25. The Kier molecular flexibility index (Phi) is 8.18. The molecule has 3 aromatic rings. The van der Waals surface area contributed by atoms with Crippen LogP contribution in [-0.2, 0) is 22.6 Å². The molecule has 0 aliphatic carbocycles. The maximum atomic E-state index is 11.7. The van der Waals surface area contributed by atoms with Crippen LogP contribution in [-0.4, -0.2) is 36.4 Å². The van der Waals surface area contributed by atoms with E-state index >= 15 is 0 Å². The third kappa shape index (κ3) is 6.58. The van der Waals surface area contributed by atoms with E-state index in [9.17, 15) is 4.79 Å². The highest BCUT2D eigenvalue weighted by atomic mass is 16.5. The summed E-state index contributed by atoms with van der Waals surface area (Å²) in [5.41, 5.74) is 1.62. The molecule has 0 saturated carbocycles. The molecule has 8 heteroatoms. The highest BCUT2D eigenvalue weighted by molar-refractivity contribution is 5.76. The van der Waals surface area contributed by atoms with Gasteiger partial charge in [0.25, 0.3) is 0 Å². The van der Waals surface area contributed by atoms with Gasteiger partial charge in [0.1, 0.15) is 12.2 Å². The Balaban J connectivity index is 0.00000145. The van der Waals surface area contributed by atoms with E-state index in [4.69, 9.17) is 4.74 Å². The average Bonchev–Trinajstić information content (AvgIpc) is 3.27. The first-order valence-corrected chi connectivity index (χ1v) is 10.2. The Labute approximate surface area is 172 Å². The van der Waals surface area contributed by atoms with E-state index in [1.807, 2.05) is 40.0 Å². The molecule has 29 heavy (non-hydrogen) atoms. The molecule has 0 saturated heterocycles. The van der Waals surface area contributed by atoms with Crippen LogP contribution in [0, 0.1) is 5.92 Å². The monoisotopic (exact) mass is 400 g/mol. The summed E-state index contributed by atoms with van der Waals surface area (Å²) < 4.78 is 8.80. The van der Waals surface area contributed by atoms with E-state index in [1.165, 1.54) is 4.68 Å². The first kappa shape index (κ1) is 22.4. The summed E-state index contributed by atoms with van der Waals surface area (Å²) in [6.45, 7) is 13.0. The summed E-state index contributed by atoms with van der Waals surface area (Å²) in [5, 5.41) is 8.32. The molecule has 8 nitrogen and oxygen atoms in total. The number of hydrogen-bond donors (Lipinski definition) is 1. The molecule has 0 fully saturated rings. The molecule has 0 aromatic carbocycles. The second kappa shape index (κ2) is 10.6. The molecule has 1 N–H and O–H groups in total. The highest BCUT2D eigenvalue weighted by Crippen LogP contribution is 2.18. The summed E-state index contributed by atoms with van der Waals surface area (Å²) in [5.74, 6) is 0.812. The summed E-state index contributed by atoms with van der Waals surface area (Å²) >= 11 is 0. The van der Waals surface area contributed by atoms with Crippen LogP contribution in [0.4, 0.5) is 11.6 Å². The van der Waals surface area contributed by atoms with E-state index in [0.29, 0.717) is 17.6 Å². The number of nitrogens with zero attached hydrogens (tertiary/aromatic N) is 5. The number of aromatic nitrogens is 5. The minimum Gasteiger partial charge on any atom is -0.462 e. The van der Waals surface area contributed by atoms with Crippen molar-refractivity contribution >= 4 is 28.6 Å². The number of anilines is 2. The van der Waals surface area contributed by atoms with Crippen molar-refractivity contribution in [3.63, 3.8) is 0 Å². The van der Waals surface area contributed by atoms with Crippen LogP contribution < -0.4 is 5.32 Å². The van der Waals surface area contributed by atoms with Gasteiger partial charge in [-0.25, -0.2) is 4.98 Å². The Hall–Kier alpha value is -2.90. The van der Waals surface area contributed by atoms with Gasteiger partial charge in [0.05, 0.1) is 18.0 Å². The number of nitrogens with one attached hydrogen (secondary N) is 1. The summed E-state index contributed by atoms with van der Waals surface area (Å²) in [6.07, 6.45) is 8.17. The number of fused-ring (bicyclic) bond motifs is 1. The number of esters is 1. The van der Waals surface area contributed by atoms with Crippen molar-refractivity contribution in [2.75, 3.05) is 5.32 Å². The maximum absolute atomic E-state index is 11.7. The zero-order valence-corrected chi connectivity index (χ0v) is 18.2. The molecular weight excluding hydrogens is 368 g/mol. The molecule has 3 rings (SSSR count). The fourth-order valence-corrected chi connectivity index (χ4v) is 2.68. The van der Waals surface area contributed by atoms with Gasteiger partial charge < -0.3 is 14.6 Å². The van der Waals surface area contributed by atoms with Gasteiger partial charge in [-0.05, 0) is 32.3 Å². The van der Waals surface area contributed by atoms with Gasteiger partial charge in [0.2, 0.25) is 5.95 Å². The van der Waals surface area contributed by atoms with E-state index in [2.05, 4.69) is 38.8 Å². The lowest BCUT2D eigenvalue weighted by Gasteiger charge is -2.08. The van der Waals surface area contributed by atoms with Crippen molar-refractivity contribution in [2.24, 2.45) is 5.92 Å². The molecular formula is C21H32N6O2. The highest BCUT2D eigenvalue weighted by Gasteiger charge is 2.10. The van der Waals surface area contributed by atoms with Crippen LogP contribution in [0.15, 0.2) is 30.9 Å². The fourth-order valence-electron chi connectivity index (χ4n) is 2.68. The molecule has 0 spiro atoms. The second-order valence-corrected chi connectivity index (χ2v) is 7.25. The third-order valence-electron chi connectivity index (χ3n) is 4.00. The molecule has 0 bridgehead atoms. The van der Waals surface area contributed by atoms with Crippen molar-refractivity contribution in [1.29, 1.82) is 0 Å². The summed E-state index contributed by atoms with van der Waals surface area (Å²) in [6, 6.07) is 2.03. The van der Waals surface area contributed by atoms with Gasteiger partial charge in [-0.2, -0.15) is 10.1 Å². The van der Waals surface area contributed by atoms with Crippen molar-refractivity contribution in [3.8, 4) is 0 Å². The summed E-state index contributed by atoms with van der Waals surface area (Å²) in [4.78, 5) is 20.7. The molecule has 0 aliphatic rings. The predicted molar refractivity (Wildman–Crippen MR) is 115 cm³/mol. The maximum Gasteiger partial charge on any atom is 0.328 e. The van der Waals surface area contributed by atoms with Crippen LogP contribution in [0.25, 0.3) is 11.0 Å². The SMILES string of the molecule is CC.CC(C)CCn1ccc2cnc(Nc3cnn(CC(=O)OC(C)C)c3)nc21. The van der Waals surface area contributed by atoms with E-state index in [1.54, 1.807) is 18.6 Å². The minimum absolute atomic E-state index is 0.0673. The molecule has 3 heterocycles. The van der Waals surface area contributed by atoms with Crippen LogP contribution in [0.5, 0.6) is 0 Å². The Morgan fingerprint density at radius 3 is 2.66 bits per heavy atom. The average molecular weight is 401 g/mol. The van der Waals surface area contributed by atoms with Gasteiger partial charge in [-0.1, -0.05) is 27.7 Å². The number of carbonyl (C=O) groups excluding carboxylic acids is 1. The standard InChI is InChI=1S/C19H26N6O2.C2H6/c1-13(2)5-7-24-8-6-15-9-20-19(23-18(15)24)22-16-10-21-25(11-16)12-17(26)27-14(3)4;1-2/h6,8-11,13-14H,5,7,12H2,1-4H3,(H,20,22,23);1-2H3. The van der Waals surface area contributed by atoms with Gasteiger partial charge in [-0.15, -0.1) is 0 Å². The molecule has 0 radical (unpaired) electrons. The van der Waals surface area contributed by atoms with E-state index < -0.39 is 0 Å². The summed E-state index contributed by atoms with van der Waals surface area (Å²) in [7, 11) is 0. The molecule has 0 unspecified atom stereocenters. The smallest absolute Gasteiger partial charge is 0.328 e. The Bertz CT molecular complexity index is 913. The first-order chi connectivity index (χ1) is 13.9. The molecule has 0 atom stereocenters. The lowest BCUT2D eigenvalue weighted by atomic mass is 10.1. The minimum atomic E-state index is -0.319. The molecule has 3 aromatic heterocycles. The van der Waals surface area contributed by atoms with Crippen molar-refractivity contribution < 1.29 is 9.53 Å². The van der Waals surface area contributed by atoms with Crippen LogP contribution in [0.1, 0.15) is 48.0 Å². The normalized spacial score (nSPS) is 10.9. The number of hydrogen-bond acceptors (Lipinski definition) is 6. The van der Waals surface area contributed by atoms with Crippen molar-refractivity contribution in [1.82, 2.24) is 24.3 Å². The van der Waals surface area contributed by atoms with Gasteiger partial charge >= 0.3 is 5.97 Å². The van der Waals surface area contributed by atoms with Crippen molar-refractivity contribution in [3.05, 3.63) is 30.9 Å². The molecule has 0 amide bonds. The van der Waals surface area contributed by atoms with Crippen LogP contribution in [0.2, 0.25) is 0 Å². The number of carbonyl (C=O) groups is 1. The van der Waals surface area contributed by atoms with Gasteiger partial charge in [0, 0.05) is 30.5 Å². The lowest BCUT2D eigenvalue weighted by molar-refractivity contribution is -0.148. The lowest BCUT2D eigenvalue weighted by Crippen LogP contribution is -2.17. The largest absolute Gasteiger partial charge is 0.462 e. The molecule has 158 valence electrons. The number of aryl methyl sites for hydroxylation is 1. The van der Waals surface area contributed by atoms with Crippen molar-refractivity contribution in [2.45, 2.75) is 67.2 Å². The van der Waals surface area contributed by atoms with E-state index in [-0.39, 0.29) is 18.6 Å². The van der Waals surface area contributed by atoms with Crippen LogP contribution in [0.3, 0.4) is 0 Å². The predicted octanol–water partition coefficient (Wildman–Crippen LogP) is 4.40. The quantitative estimate of drug-likeness (QED) is 0.564. The zero-order chi connectivity index (χ0) is 21.4. The topological polar surface area (TPSA) is 86.9 Å².